The Labute approximate surface area is 145 Å². The van der Waals surface area contributed by atoms with Gasteiger partial charge in [-0.25, -0.2) is 4.68 Å². The van der Waals surface area contributed by atoms with Gasteiger partial charge < -0.3 is 14.4 Å². The minimum Gasteiger partial charge on any atom is -0.454 e. The van der Waals surface area contributed by atoms with Gasteiger partial charge in [-0.2, -0.15) is 5.10 Å². The van der Waals surface area contributed by atoms with Crippen LogP contribution in [0.4, 0.5) is 5.69 Å². The van der Waals surface area contributed by atoms with Crippen LogP contribution in [0.5, 0.6) is 11.5 Å². The Morgan fingerprint density at radius 1 is 1.08 bits per heavy atom. The Morgan fingerprint density at radius 3 is 2.64 bits per heavy atom. The second-order valence-electron chi connectivity index (χ2n) is 5.82. The smallest absolute Gasteiger partial charge is 0.278 e. The molecule has 0 spiro atoms. The van der Waals surface area contributed by atoms with Gasteiger partial charge in [0.2, 0.25) is 6.79 Å². The Kier molecular flexibility index (Phi) is 3.65. The number of ether oxygens (including phenoxy) is 2. The molecule has 0 atom stereocenters. The summed E-state index contributed by atoms with van der Waals surface area (Å²) in [4.78, 5) is 14.4. The maximum Gasteiger partial charge on any atom is 0.278 e. The number of carbonyl (C=O) groups excluding carboxylic acids is 1. The van der Waals surface area contributed by atoms with Gasteiger partial charge in [0.05, 0.1) is 5.69 Å². The number of nitrogens with zero attached hydrogens (tertiary/aromatic N) is 3. The highest BCUT2D eigenvalue weighted by atomic mass is 16.7. The Hall–Kier alpha value is -3.28. The average Bonchev–Trinajstić information content (AvgIpc) is 3.27. The Bertz CT molecular complexity index is 934. The SMILES string of the molecule is Cc1cc(C(=O)N(C)c2ccc3c(c2)OCO3)nn1-c1ccccc1. The number of amides is 1. The number of carbonyl (C=O) groups is 1. The molecule has 0 fully saturated rings. The van der Waals surface area contributed by atoms with Crippen LogP contribution in [-0.2, 0) is 0 Å². The van der Waals surface area contributed by atoms with Gasteiger partial charge in [-0.3, -0.25) is 4.79 Å². The number of fused-ring (bicyclic) bond motifs is 1. The van der Waals surface area contributed by atoms with E-state index < -0.39 is 0 Å². The average molecular weight is 335 g/mol. The molecular weight excluding hydrogens is 318 g/mol. The van der Waals surface area contributed by atoms with E-state index >= 15 is 0 Å². The van der Waals surface area contributed by atoms with Crippen LogP contribution < -0.4 is 14.4 Å². The molecule has 0 saturated carbocycles. The molecule has 6 heteroatoms. The molecule has 126 valence electrons. The van der Waals surface area contributed by atoms with Crippen LogP contribution in [0.2, 0.25) is 0 Å². The summed E-state index contributed by atoms with van der Waals surface area (Å²) in [6.07, 6.45) is 0. The van der Waals surface area contributed by atoms with Gasteiger partial charge in [0.25, 0.3) is 5.91 Å². The summed E-state index contributed by atoms with van der Waals surface area (Å²) in [5.41, 5.74) is 2.93. The van der Waals surface area contributed by atoms with Gasteiger partial charge in [0.1, 0.15) is 0 Å². The predicted octanol–water partition coefficient (Wildman–Crippen LogP) is 3.19. The topological polar surface area (TPSA) is 56.6 Å². The molecule has 0 aliphatic carbocycles. The Balaban J connectivity index is 1.63. The van der Waals surface area contributed by atoms with Gasteiger partial charge in [-0.05, 0) is 37.3 Å². The molecule has 1 amide bonds. The highest BCUT2D eigenvalue weighted by Crippen LogP contribution is 2.35. The largest absolute Gasteiger partial charge is 0.454 e. The van der Waals surface area contributed by atoms with Crippen molar-refractivity contribution < 1.29 is 14.3 Å². The van der Waals surface area contributed by atoms with Crippen LogP contribution in [-0.4, -0.2) is 29.5 Å². The number of hydrogen-bond acceptors (Lipinski definition) is 4. The number of benzene rings is 2. The van der Waals surface area contributed by atoms with Crippen LogP contribution in [0.3, 0.4) is 0 Å². The van der Waals surface area contributed by atoms with Crippen molar-refractivity contribution in [2.75, 3.05) is 18.7 Å². The van der Waals surface area contributed by atoms with E-state index in [2.05, 4.69) is 5.10 Å². The molecular formula is C19H17N3O3. The summed E-state index contributed by atoms with van der Waals surface area (Å²) in [5, 5.41) is 4.47. The lowest BCUT2D eigenvalue weighted by Crippen LogP contribution is -2.26. The second-order valence-corrected chi connectivity index (χ2v) is 5.82. The van der Waals surface area contributed by atoms with Gasteiger partial charge in [-0.1, -0.05) is 18.2 Å². The molecule has 2 aromatic carbocycles. The molecule has 25 heavy (non-hydrogen) atoms. The van der Waals surface area contributed by atoms with E-state index in [1.807, 2.05) is 43.3 Å². The van der Waals surface area contributed by atoms with E-state index in [9.17, 15) is 4.79 Å². The summed E-state index contributed by atoms with van der Waals surface area (Å²) < 4.78 is 12.4. The summed E-state index contributed by atoms with van der Waals surface area (Å²) in [6, 6.07) is 16.9. The minimum atomic E-state index is -0.184. The van der Waals surface area contributed by atoms with Crippen molar-refractivity contribution >= 4 is 11.6 Å². The second kappa shape index (κ2) is 5.98. The van der Waals surface area contributed by atoms with E-state index in [0.29, 0.717) is 17.2 Å². The summed E-state index contributed by atoms with van der Waals surface area (Å²) in [7, 11) is 1.72. The third-order valence-corrected chi connectivity index (χ3v) is 4.16. The van der Waals surface area contributed by atoms with E-state index in [0.717, 1.165) is 17.1 Å². The molecule has 0 radical (unpaired) electrons. The molecule has 1 aromatic heterocycles. The van der Waals surface area contributed by atoms with Crippen molar-refractivity contribution in [3.63, 3.8) is 0 Å². The number of para-hydroxylation sites is 1. The van der Waals surface area contributed by atoms with E-state index in [4.69, 9.17) is 9.47 Å². The third-order valence-electron chi connectivity index (χ3n) is 4.16. The number of rotatable bonds is 3. The van der Waals surface area contributed by atoms with Crippen molar-refractivity contribution in [2.45, 2.75) is 6.92 Å². The van der Waals surface area contributed by atoms with Crippen molar-refractivity contribution in [1.29, 1.82) is 0 Å². The first-order chi connectivity index (χ1) is 12.1. The van der Waals surface area contributed by atoms with Crippen molar-refractivity contribution in [1.82, 2.24) is 9.78 Å². The normalized spacial score (nSPS) is 12.2. The zero-order valence-electron chi connectivity index (χ0n) is 14.0. The molecule has 0 N–H and O–H groups in total. The molecule has 0 bridgehead atoms. The van der Waals surface area contributed by atoms with E-state index in [1.54, 1.807) is 34.8 Å². The quantitative estimate of drug-likeness (QED) is 0.738. The fourth-order valence-corrected chi connectivity index (χ4v) is 2.79. The molecule has 0 unspecified atom stereocenters. The number of hydrogen-bond donors (Lipinski definition) is 0. The monoisotopic (exact) mass is 335 g/mol. The Morgan fingerprint density at radius 2 is 1.84 bits per heavy atom. The molecule has 0 saturated heterocycles. The standard InChI is InChI=1S/C19H17N3O3/c1-13-10-16(20-22(13)14-6-4-3-5-7-14)19(23)21(2)15-8-9-17-18(11-15)25-12-24-17/h3-11H,12H2,1-2H3. The molecule has 1 aliphatic heterocycles. The number of aryl methyl sites for hydroxylation is 1. The van der Waals surface area contributed by atoms with Crippen LogP contribution in [0.1, 0.15) is 16.2 Å². The van der Waals surface area contributed by atoms with Gasteiger partial charge >= 0.3 is 0 Å². The molecule has 6 nitrogen and oxygen atoms in total. The fourth-order valence-electron chi connectivity index (χ4n) is 2.79. The molecule has 3 aromatic rings. The van der Waals surface area contributed by atoms with Gasteiger partial charge in [-0.15, -0.1) is 0 Å². The molecule has 4 rings (SSSR count). The first kappa shape index (κ1) is 15.3. The maximum atomic E-state index is 12.8. The third kappa shape index (κ3) is 2.71. The van der Waals surface area contributed by atoms with Crippen LogP contribution in [0, 0.1) is 6.92 Å². The number of aromatic nitrogens is 2. The molecule has 2 heterocycles. The van der Waals surface area contributed by atoms with Crippen molar-refractivity contribution in [2.24, 2.45) is 0 Å². The molecule has 1 aliphatic rings. The predicted molar refractivity (Wildman–Crippen MR) is 93.6 cm³/mol. The minimum absolute atomic E-state index is 0.184. The maximum absolute atomic E-state index is 12.8. The zero-order chi connectivity index (χ0) is 17.4. The van der Waals surface area contributed by atoms with Gasteiger partial charge in [0, 0.05) is 24.5 Å². The van der Waals surface area contributed by atoms with Crippen molar-refractivity contribution in [3.05, 3.63) is 66.0 Å². The highest BCUT2D eigenvalue weighted by molar-refractivity contribution is 6.04. The first-order valence-electron chi connectivity index (χ1n) is 7.93. The highest BCUT2D eigenvalue weighted by Gasteiger charge is 2.21. The lowest BCUT2D eigenvalue weighted by atomic mass is 10.2. The van der Waals surface area contributed by atoms with E-state index in [1.165, 1.54) is 0 Å². The zero-order valence-corrected chi connectivity index (χ0v) is 14.0. The fraction of sp³-hybridized carbons (Fsp3) is 0.158. The van der Waals surface area contributed by atoms with Gasteiger partial charge in [0.15, 0.2) is 17.2 Å². The number of anilines is 1. The van der Waals surface area contributed by atoms with Crippen LogP contribution in [0.25, 0.3) is 5.69 Å². The van der Waals surface area contributed by atoms with Crippen LogP contribution >= 0.6 is 0 Å². The lowest BCUT2D eigenvalue weighted by Gasteiger charge is -2.16. The van der Waals surface area contributed by atoms with Crippen molar-refractivity contribution in [3.8, 4) is 17.2 Å². The van der Waals surface area contributed by atoms with Crippen LogP contribution in [0.15, 0.2) is 54.6 Å². The summed E-state index contributed by atoms with van der Waals surface area (Å²) in [5.74, 6) is 1.15. The first-order valence-corrected chi connectivity index (χ1v) is 7.93. The lowest BCUT2D eigenvalue weighted by molar-refractivity contribution is 0.0988. The summed E-state index contributed by atoms with van der Waals surface area (Å²) >= 11 is 0. The summed E-state index contributed by atoms with van der Waals surface area (Å²) in [6.45, 7) is 2.13. The van der Waals surface area contributed by atoms with E-state index in [-0.39, 0.29) is 12.7 Å².